The summed E-state index contributed by atoms with van der Waals surface area (Å²) in [4.78, 5) is 14.2. The fourth-order valence-corrected chi connectivity index (χ4v) is 2.11. The van der Waals surface area contributed by atoms with E-state index >= 15 is 0 Å². The number of rotatable bonds is 5. The molecule has 0 saturated heterocycles. The molecule has 1 aliphatic rings. The van der Waals surface area contributed by atoms with Gasteiger partial charge < -0.3 is 10.6 Å². The molecule has 0 spiro atoms. The van der Waals surface area contributed by atoms with Gasteiger partial charge in [0.1, 0.15) is 0 Å². The number of nitrogens with one attached hydrogen (secondary N) is 1. The van der Waals surface area contributed by atoms with Crippen LogP contribution in [-0.2, 0) is 0 Å². The Bertz CT molecular complexity index is 510. The highest BCUT2D eigenvalue weighted by Crippen LogP contribution is 2.30. The third kappa shape index (κ3) is 2.70. The topological polar surface area (TPSA) is 98.8 Å². The molecule has 1 heterocycles. The number of anilines is 1. The summed E-state index contributed by atoms with van der Waals surface area (Å²) in [6.45, 7) is 4.43. The molecular weight excluding hydrogens is 242 g/mol. The monoisotopic (exact) mass is 261 g/mol. The highest BCUT2D eigenvalue weighted by atomic mass is 16.2. The van der Waals surface area contributed by atoms with E-state index in [1.54, 1.807) is 4.90 Å². The maximum absolute atomic E-state index is 12.4. The van der Waals surface area contributed by atoms with Crippen molar-refractivity contribution < 1.29 is 4.79 Å². The first kappa shape index (κ1) is 13.4. The van der Waals surface area contributed by atoms with Crippen LogP contribution in [0, 0.1) is 11.3 Å². The number of nitrogen functional groups attached to an aromatic ring is 1. The van der Waals surface area contributed by atoms with Gasteiger partial charge in [-0.3, -0.25) is 9.89 Å². The Morgan fingerprint density at radius 1 is 1.63 bits per heavy atom. The molecule has 0 aromatic carbocycles. The molecule has 6 nitrogen and oxygen atoms in total. The van der Waals surface area contributed by atoms with E-state index in [2.05, 4.69) is 16.3 Å². The van der Waals surface area contributed by atoms with Gasteiger partial charge >= 0.3 is 0 Å². The Balaban J connectivity index is 2.19. The quantitative estimate of drug-likeness (QED) is 0.841. The van der Waals surface area contributed by atoms with E-state index in [1.165, 1.54) is 0 Å². The Morgan fingerprint density at radius 3 is 2.79 bits per heavy atom. The highest BCUT2D eigenvalue weighted by Gasteiger charge is 2.34. The number of hydrogen-bond acceptors (Lipinski definition) is 4. The minimum atomic E-state index is -0.168. The van der Waals surface area contributed by atoms with E-state index in [0.717, 1.165) is 18.5 Å². The molecule has 0 aliphatic heterocycles. The maximum Gasteiger partial charge on any atom is 0.276 e. The van der Waals surface area contributed by atoms with Gasteiger partial charge in [-0.1, -0.05) is 13.8 Å². The molecule has 1 fully saturated rings. The zero-order chi connectivity index (χ0) is 14.0. The number of nitrogens with two attached hydrogens (primary N) is 1. The smallest absolute Gasteiger partial charge is 0.276 e. The first-order valence-electron chi connectivity index (χ1n) is 6.58. The largest absolute Gasteiger partial charge is 0.395 e. The fourth-order valence-electron chi connectivity index (χ4n) is 2.11. The summed E-state index contributed by atoms with van der Waals surface area (Å²) in [6.07, 6.45) is 2.33. The molecule has 0 radical (unpaired) electrons. The van der Waals surface area contributed by atoms with Gasteiger partial charge in [0.15, 0.2) is 5.69 Å². The van der Waals surface area contributed by atoms with E-state index in [9.17, 15) is 4.79 Å². The third-order valence-electron chi connectivity index (χ3n) is 3.33. The van der Waals surface area contributed by atoms with Crippen LogP contribution >= 0.6 is 0 Å². The van der Waals surface area contributed by atoms with Crippen molar-refractivity contribution in [3.63, 3.8) is 0 Å². The number of H-pyrrole nitrogens is 1. The van der Waals surface area contributed by atoms with Crippen LogP contribution in [0.5, 0.6) is 0 Å². The predicted molar refractivity (Wildman–Crippen MR) is 71.4 cm³/mol. The third-order valence-corrected chi connectivity index (χ3v) is 3.33. The van der Waals surface area contributed by atoms with Crippen LogP contribution < -0.4 is 5.73 Å². The number of amides is 1. The molecule has 6 heteroatoms. The zero-order valence-electron chi connectivity index (χ0n) is 11.3. The van der Waals surface area contributed by atoms with E-state index in [0.29, 0.717) is 18.7 Å². The number of nitrogens with zero attached hydrogens (tertiary/aromatic N) is 3. The maximum atomic E-state index is 12.4. The molecule has 0 atom stereocenters. The Kier molecular flexibility index (Phi) is 3.74. The van der Waals surface area contributed by atoms with E-state index < -0.39 is 0 Å². The molecule has 3 N–H and O–H groups in total. The summed E-state index contributed by atoms with van der Waals surface area (Å²) < 4.78 is 0. The Hall–Kier alpha value is -2.03. The summed E-state index contributed by atoms with van der Waals surface area (Å²) in [7, 11) is 0. The number of aromatic amines is 1. The van der Waals surface area contributed by atoms with Gasteiger partial charge in [0, 0.05) is 12.6 Å². The minimum Gasteiger partial charge on any atom is -0.395 e. The fraction of sp³-hybridized carbons (Fsp3) is 0.615. The lowest BCUT2D eigenvalue weighted by Crippen LogP contribution is -2.34. The van der Waals surface area contributed by atoms with Crippen LogP contribution in [-0.4, -0.2) is 33.6 Å². The second kappa shape index (κ2) is 5.31. The van der Waals surface area contributed by atoms with E-state index in [1.807, 2.05) is 13.8 Å². The standard InChI is InChI=1S/C13H19N5O/c1-8(2)11-10(15)12(17-16-11)13(19)18(7-3-6-14)9-4-5-9/h8-9H,3-5,7,15H2,1-2H3,(H,16,17). The van der Waals surface area contributed by atoms with Crippen molar-refractivity contribution in [2.45, 2.75) is 45.1 Å². The molecule has 0 bridgehead atoms. The number of carbonyl (C=O) groups excluding carboxylic acids is 1. The lowest BCUT2D eigenvalue weighted by Gasteiger charge is -2.20. The van der Waals surface area contributed by atoms with Crippen molar-refractivity contribution in [3.8, 4) is 6.07 Å². The second-order valence-corrected chi connectivity index (χ2v) is 5.19. The summed E-state index contributed by atoms with van der Waals surface area (Å²) in [5, 5.41) is 15.6. The van der Waals surface area contributed by atoms with Crippen molar-refractivity contribution >= 4 is 11.6 Å². The zero-order valence-corrected chi connectivity index (χ0v) is 11.3. The molecule has 1 saturated carbocycles. The van der Waals surface area contributed by atoms with E-state index in [-0.39, 0.29) is 23.6 Å². The molecule has 102 valence electrons. The van der Waals surface area contributed by atoms with Gasteiger partial charge in [0.05, 0.1) is 23.9 Å². The Labute approximate surface area is 112 Å². The van der Waals surface area contributed by atoms with Crippen molar-refractivity contribution in [1.29, 1.82) is 5.26 Å². The number of carbonyl (C=O) groups is 1. The summed E-state index contributed by atoms with van der Waals surface area (Å²) in [6, 6.07) is 2.32. The van der Waals surface area contributed by atoms with E-state index in [4.69, 9.17) is 11.0 Å². The number of hydrogen-bond donors (Lipinski definition) is 2. The van der Waals surface area contributed by atoms with Gasteiger partial charge in [0.2, 0.25) is 0 Å². The average Bonchev–Trinajstić information content (AvgIpc) is 3.12. The van der Waals surface area contributed by atoms with Gasteiger partial charge in [-0.25, -0.2) is 0 Å². The van der Waals surface area contributed by atoms with Gasteiger partial charge in [-0.15, -0.1) is 0 Å². The van der Waals surface area contributed by atoms with Crippen LogP contribution in [0.1, 0.15) is 55.2 Å². The number of nitriles is 1. The van der Waals surface area contributed by atoms with Gasteiger partial charge in [-0.05, 0) is 18.8 Å². The lowest BCUT2D eigenvalue weighted by molar-refractivity contribution is 0.0742. The van der Waals surface area contributed by atoms with Crippen molar-refractivity contribution in [1.82, 2.24) is 15.1 Å². The number of aromatic nitrogens is 2. The molecule has 1 amide bonds. The molecule has 2 rings (SSSR count). The molecule has 19 heavy (non-hydrogen) atoms. The lowest BCUT2D eigenvalue weighted by atomic mass is 10.1. The Morgan fingerprint density at radius 2 is 2.32 bits per heavy atom. The second-order valence-electron chi connectivity index (χ2n) is 5.19. The summed E-state index contributed by atoms with van der Waals surface area (Å²) >= 11 is 0. The van der Waals surface area contributed by atoms with Crippen molar-refractivity contribution in [2.75, 3.05) is 12.3 Å². The van der Waals surface area contributed by atoms with Gasteiger partial charge in [-0.2, -0.15) is 10.4 Å². The normalized spacial score (nSPS) is 14.4. The van der Waals surface area contributed by atoms with Crippen LogP contribution in [0.2, 0.25) is 0 Å². The minimum absolute atomic E-state index is 0.168. The van der Waals surface area contributed by atoms with Crippen LogP contribution in [0.15, 0.2) is 0 Å². The highest BCUT2D eigenvalue weighted by molar-refractivity contribution is 5.98. The van der Waals surface area contributed by atoms with Gasteiger partial charge in [0.25, 0.3) is 5.91 Å². The SMILES string of the molecule is CC(C)c1[nH]nc(C(=O)N(CCC#N)C2CC2)c1N. The van der Waals surface area contributed by atoms with Crippen LogP contribution in [0.4, 0.5) is 5.69 Å². The summed E-state index contributed by atoms with van der Waals surface area (Å²) in [5.41, 5.74) is 7.50. The van der Waals surface area contributed by atoms with Crippen molar-refractivity contribution in [3.05, 3.63) is 11.4 Å². The summed E-state index contributed by atoms with van der Waals surface area (Å²) in [5.74, 6) is 0.0286. The first-order chi connectivity index (χ1) is 9.06. The average molecular weight is 261 g/mol. The van der Waals surface area contributed by atoms with Crippen LogP contribution in [0.3, 0.4) is 0 Å². The molecule has 1 aromatic heterocycles. The first-order valence-corrected chi connectivity index (χ1v) is 6.58. The molecule has 1 aliphatic carbocycles. The molecular formula is C13H19N5O. The molecule has 1 aromatic rings. The van der Waals surface area contributed by atoms with Crippen molar-refractivity contribution in [2.24, 2.45) is 0 Å². The molecule has 0 unspecified atom stereocenters. The van der Waals surface area contributed by atoms with Crippen LogP contribution in [0.25, 0.3) is 0 Å². The predicted octanol–water partition coefficient (Wildman–Crippen LogP) is 1.63.